The summed E-state index contributed by atoms with van der Waals surface area (Å²) in [6.07, 6.45) is 8.15. The summed E-state index contributed by atoms with van der Waals surface area (Å²) in [6.45, 7) is 0.660. The fraction of sp³-hybridized carbons (Fsp3) is 0.867. The molecule has 0 aromatic heterocycles. The van der Waals surface area contributed by atoms with Crippen molar-refractivity contribution in [3.63, 3.8) is 0 Å². The molecule has 4 nitrogen and oxygen atoms in total. The lowest BCUT2D eigenvalue weighted by molar-refractivity contribution is -0.156. The van der Waals surface area contributed by atoms with Gasteiger partial charge in [0.2, 0.25) is 5.91 Å². The van der Waals surface area contributed by atoms with E-state index in [4.69, 9.17) is 0 Å². The number of likely N-dealkylation sites (tertiary alicyclic amines) is 1. The van der Waals surface area contributed by atoms with Crippen LogP contribution in [-0.4, -0.2) is 34.5 Å². The second-order valence-corrected chi connectivity index (χ2v) is 6.41. The molecule has 4 heteroatoms. The zero-order chi connectivity index (χ0) is 13.4. The van der Waals surface area contributed by atoms with Gasteiger partial charge >= 0.3 is 5.97 Å². The van der Waals surface area contributed by atoms with E-state index in [1.165, 1.54) is 6.42 Å². The summed E-state index contributed by atoms with van der Waals surface area (Å²) in [5, 5.41) is 9.37. The molecule has 3 fully saturated rings. The summed E-state index contributed by atoms with van der Waals surface area (Å²) in [5.41, 5.74) is 0. The molecule has 0 spiro atoms. The van der Waals surface area contributed by atoms with Crippen molar-refractivity contribution in [3.05, 3.63) is 0 Å². The zero-order valence-electron chi connectivity index (χ0n) is 11.4. The fourth-order valence-electron chi connectivity index (χ4n) is 4.12. The van der Waals surface area contributed by atoms with Crippen molar-refractivity contribution in [1.82, 2.24) is 4.90 Å². The first-order chi connectivity index (χ1) is 9.18. The summed E-state index contributed by atoms with van der Waals surface area (Å²) in [6, 6.07) is 0.205. The van der Waals surface area contributed by atoms with Gasteiger partial charge in [-0.3, -0.25) is 9.59 Å². The van der Waals surface area contributed by atoms with E-state index in [1.807, 2.05) is 4.90 Å². The normalized spacial score (nSPS) is 35.4. The Labute approximate surface area is 114 Å². The molecule has 1 heterocycles. The zero-order valence-corrected chi connectivity index (χ0v) is 11.4. The van der Waals surface area contributed by atoms with Crippen molar-refractivity contribution in [2.24, 2.45) is 17.8 Å². The Hall–Kier alpha value is -1.06. The van der Waals surface area contributed by atoms with E-state index in [2.05, 4.69) is 0 Å². The van der Waals surface area contributed by atoms with E-state index in [9.17, 15) is 14.7 Å². The van der Waals surface area contributed by atoms with Gasteiger partial charge in [-0.05, 0) is 38.0 Å². The first kappa shape index (κ1) is 12.9. The monoisotopic (exact) mass is 265 g/mol. The standard InChI is InChI=1S/C15H23NO3/c17-14(10-4-3-5-10)16-9-8-12(15(18)19)11-6-1-2-7-13(11)16/h10-13H,1-9H2,(H,18,19). The van der Waals surface area contributed by atoms with Crippen LogP contribution in [0.25, 0.3) is 0 Å². The Morgan fingerprint density at radius 1 is 0.947 bits per heavy atom. The number of nitrogens with zero attached hydrogens (tertiary/aromatic N) is 1. The third-order valence-electron chi connectivity index (χ3n) is 5.43. The quantitative estimate of drug-likeness (QED) is 0.833. The van der Waals surface area contributed by atoms with Crippen LogP contribution >= 0.6 is 0 Å². The maximum Gasteiger partial charge on any atom is 0.306 e. The molecule has 3 rings (SSSR count). The first-order valence-electron chi connectivity index (χ1n) is 7.72. The number of rotatable bonds is 2. The van der Waals surface area contributed by atoms with Crippen molar-refractivity contribution >= 4 is 11.9 Å². The van der Waals surface area contributed by atoms with Crippen LogP contribution in [0, 0.1) is 17.8 Å². The number of hydrogen-bond donors (Lipinski definition) is 1. The van der Waals surface area contributed by atoms with E-state index in [0.29, 0.717) is 18.9 Å². The summed E-state index contributed by atoms with van der Waals surface area (Å²) in [5.74, 6) is -0.136. The topological polar surface area (TPSA) is 57.6 Å². The Morgan fingerprint density at radius 3 is 2.32 bits per heavy atom. The summed E-state index contributed by atoms with van der Waals surface area (Å²) >= 11 is 0. The van der Waals surface area contributed by atoms with Gasteiger partial charge in [0.05, 0.1) is 5.92 Å². The molecule has 19 heavy (non-hydrogen) atoms. The second kappa shape index (κ2) is 5.14. The highest BCUT2D eigenvalue weighted by molar-refractivity contribution is 5.80. The molecule has 3 aliphatic rings. The average molecular weight is 265 g/mol. The van der Waals surface area contributed by atoms with Crippen molar-refractivity contribution in [2.45, 2.75) is 57.4 Å². The second-order valence-electron chi connectivity index (χ2n) is 6.41. The number of hydrogen-bond acceptors (Lipinski definition) is 2. The molecular weight excluding hydrogens is 242 g/mol. The van der Waals surface area contributed by atoms with E-state index in [1.54, 1.807) is 0 Å². The molecule has 3 atom stereocenters. The Balaban J connectivity index is 1.75. The lowest BCUT2D eigenvalue weighted by Gasteiger charge is -2.48. The molecule has 0 aromatic rings. The van der Waals surface area contributed by atoms with Crippen LogP contribution < -0.4 is 0 Å². The van der Waals surface area contributed by atoms with Crippen LogP contribution in [0.2, 0.25) is 0 Å². The maximum atomic E-state index is 12.5. The number of aliphatic carboxylic acids is 1. The van der Waals surface area contributed by atoms with E-state index in [0.717, 1.165) is 38.5 Å². The van der Waals surface area contributed by atoms with E-state index >= 15 is 0 Å². The molecule has 2 aliphatic carbocycles. The predicted molar refractivity (Wildman–Crippen MR) is 70.5 cm³/mol. The van der Waals surface area contributed by atoms with Gasteiger partial charge in [-0.1, -0.05) is 19.3 Å². The molecule has 1 aliphatic heterocycles. The molecule has 0 radical (unpaired) electrons. The van der Waals surface area contributed by atoms with Crippen molar-refractivity contribution in [1.29, 1.82) is 0 Å². The van der Waals surface area contributed by atoms with Gasteiger partial charge in [0, 0.05) is 18.5 Å². The molecule has 1 saturated heterocycles. The smallest absolute Gasteiger partial charge is 0.306 e. The van der Waals surface area contributed by atoms with E-state index < -0.39 is 5.97 Å². The first-order valence-corrected chi connectivity index (χ1v) is 7.72. The molecule has 1 N–H and O–H groups in total. The summed E-state index contributed by atoms with van der Waals surface area (Å²) in [4.78, 5) is 25.9. The summed E-state index contributed by atoms with van der Waals surface area (Å²) in [7, 11) is 0. The van der Waals surface area contributed by atoms with Crippen LogP contribution in [0.5, 0.6) is 0 Å². The largest absolute Gasteiger partial charge is 0.481 e. The van der Waals surface area contributed by atoms with Gasteiger partial charge in [0.25, 0.3) is 0 Å². The van der Waals surface area contributed by atoms with Crippen molar-refractivity contribution in [3.8, 4) is 0 Å². The highest BCUT2D eigenvalue weighted by atomic mass is 16.4. The van der Waals surface area contributed by atoms with E-state index in [-0.39, 0.29) is 23.8 Å². The van der Waals surface area contributed by atoms with Crippen LogP contribution in [0.3, 0.4) is 0 Å². The van der Waals surface area contributed by atoms with Crippen molar-refractivity contribution < 1.29 is 14.7 Å². The van der Waals surface area contributed by atoms with Crippen LogP contribution in [0.15, 0.2) is 0 Å². The Kier molecular flexibility index (Phi) is 3.50. The SMILES string of the molecule is O=C(O)C1CCN(C(=O)C2CCC2)C2CCCCC12. The number of carbonyl (C=O) groups excluding carboxylic acids is 1. The van der Waals surface area contributed by atoms with Gasteiger partial charge < -0.3 is 10.0 Å². The van der Waals surface area contributed by atoms with Crippen molar-refractivity contribution in [2.75, 3.05) is 6.54 Å². The number of amides is 1. The number of carboxylic acid groups (broad SMARTS) is 1. The Morgan fingerprint density at radius 2 is 1.68 bits per heavy atom. The molecule has 0 aromatic carbocycles. The maximum absolute atomic E-state index is 12.5. The average Bonchev–Trinajstić information content (AvgIpc) is 2.35. The van der Waals surface area contributed by atoms with Crippen LogP contribution in [-0.2, 0) is 9.59 Å². The van der Waals surface area contributed by atoms with Gasteiger partial charge in [0.1, 0.15) is 0 Å². The highest BCUT2D eigenvalue weighted by Gasteiger charge is 2.45. The number of carboxylic acids is 1. The minimum atomic E-state index is -0.660. The highest BCUT2D eigenvalue weighted by Crippen LogP contribution is 2.41. The van der Waals surface area contributed by atoms with Gasteiger partial charge in [-0.15, -0.1) is 0 Å². The minimum Gasteiger partial charge on any atom is -0.481 e. The predicted octanol–water partition coefficient (Wildman–Crippen LogP) is 2.28. The molecule has 2 saturated carbocycles. The fourth-order valence-corrected chi connectivity index (χ4v) is 4.12. The molecule has 0 bridgehead atoms. The Bertz CT molecular complexity index is 378. The van der Waals surface area contributed by atoms with Gasteiger partial charge in [0.15, 0.2) is 0 Å². The molecule has 3 unspecified atom stereocenters. The lowest BCUT2D eigenvalue weighted by Crippen LogP contribution is -2.56. The molecule has 1 amide bonds. The van der Waals surface area contributed by atoms with Gasteiger partial charge in [-0.25, -0.2) is 0 Å². The lowest BCUT2D eigenvalue weighted by atomic mass is 9.71. The third-order valence-corrected chi connectivity index (χ3v) is 5.43. The summed E-state index contributed by atoms with van der Waals surface area (Å²) < 4.78 is 0. The molecular formula is C15H23NO3. The number of carbonyl (C=O) groups is 2. The third kappa shape index (κ3) is 2.26. The number of piperidine rings is 1. The van der Waals surface area contributed by atoms with Crippen LogP contribution in [0.1, 0.15) is 51.4 Å². The molecule has 106 valence electrons. The van der Waals surface area contributed by atoms with Gasteiger partial charge in [-0.2, -0.15) is 0 Å². The number of fused-ring (bicyclic) bond motifs is 1. The van der Waals surface area contributed by atoms with Crippen LogP contribution in [0.4, 0.5) is 0 Å². The minimum absolute atomic E-state index is 0.198.